The quantitative estimate of drug-likeness (QED) is 0.835. The summed E-state index contributed by atoms with van der Waals surface area (Å²) in [4.78, 5) is 12.1. The molecule has 2 atom stereocenters. The van der Waals surface area contributed by atoms with Gasteiger partial charge in [-0.3, -0.25) is 4.79 Å². The van der Waals surface area contributed by atoms with Gasteiger partial charge in [0.05, 0.1) is 10.6 Å². The van der Waals surface area contributed by atoms with E-state index in [1.807, 2.05) is 19.1 Å². The summed E-state index contributed by atoms with van der Waals surface area (Å²) < 4.78 is 0.742. The molecule has 2 nitrogen and oxygen atoms in total. The summed E-state index contributed by atoms with van der Waals surface area (Å²) in [6.45, 7) is 6.37. The van der Waals surface area contributed by atoms with Crippen LogP contribution in [0.1, 0.15) is 44.0 Å². The zero-order valence-electron chi connectivity index (χ0n) is 11.0. The molecule has 0 aromatic heterocycles. The number of amides is 1. The number of hydrogen-bond acceptors (Lipinski definition) is 1. The second-order valence-corrected chi connectivity index (χ2v) is 5.96. The number of halogens is 2. The molecule has 1 rings (SSSR count). The predicted molar refractivity (Wildman–Crippen MR) is 80.2 cm³/mol. The molecule has 0 saturated carbocycles. The molecule has 0 radical (unpaired) electrons. The van der Waals surface area contributed by atoms with E-state index in [-0.39, 0.29) is 11.9 Å². The minimum atomic E-state index is -0.114. The average Bonchev–Trinajstić information content (AvgIpc) is 2.32. The molecule has 100 valence electrons. The lowest BCUT2D eigenvalue weighted by molar-refractivity contribution is 0.0935. The van der Waals surface area contributed by atoms with Crippen molar-refractivity contribution in [2.75, 3.05) is 0 Å². The van der Waals surface area contributed by atoms with E-state index in [4.69, 9.17) is 11.6 Å². The van der Waals surface area contributed by atoms with Crippen molar-refractivity contribution in [1.29, 1.82) is 0 Å². The summed E-state index contributed by atoms with van der Waals surface area (Å²) in [7, 11) is 0. The van der Waals surface area contributed by atoms with E-state index in [0.29, 0.717) is 16.5 Å². The summed E-state index contributed by atoms with van der Waals surface area (Å²) in [6, 6.07) is 5.52. The molecule has 0 spiro atoms. The molecule has 0 aliphatic rings. The Kier molecular flexibility index (Phi) is 6.16. The fraction of sp³-hybridized carbons (Fsp3) is 0.500. The maximum Gasteiger partial charge on any atom is 0.253 e. The minimum Gasteiger partial charge on any atom is -0.350 e. The van der Waals surface area contributed by atoms with Crippen molar-refractivity contribution >= 4 is 33.4 Å². The molecule has 0 fully saturated rings. The second kappa shape index (κ2) is 7.15. The number of benzene rings is 1. The molecule has 1 aromatic carbocycles. The highest BCUT2D eigenvalue weighted by Gasteiger charge is 2.15. The average molecular weight is 333 g/mol. The van der Waals surface area contributed by atoms with Gasteiger partial charge in [0.1, 0.15) is 0 Å². The van der Waals surface area contributed by atoms with Crippen LogP contribution in [0.5, 0.6) is 0 Å². The summed E-state index contributed by atoms with van der Waals surface area (Å²) in [5, 5.41) is 3.45. The van der Waals surface area contributed by atoms with E-state index in [0.717, 1.165) is 17.3 Å². The van der Waals surface area contributed by atoms with Crippen LogP contribution in [-0.4, -0.2) is 11.9 Å². The standard InChI is InChI=1S/C14H19BrClNO/c1-4-9(2)8-10(3)17-14(18)11-6-5-7-12(15)13(11)16/h5-7,9-10H,4,8H2,1-3H3,(H,17,18). The van der Waals surface area contributed by atoms with Crippen molar-refractivity contribution < 1.29 is 4.79 Å². The Balaban J connectivity index is 2.68. The van der Waals surface area contributed by atoms with Gasteiger partial charge in [0, 0.05) is 10.5 Å². The fourth-order valence-electron chi connectivity index (χ4n) is 1.81. The summed E-state index contributed by atoms with van der Waals surface area (Å²) >= 11 is 9.42. The number of nitrogens with one attached hydrogen (secondary N) is 1. The second-order valence-electron chi connectivity index (χ2n) is 4.73. The number of rotatable bonds is 5. The fourth-order valence-corrected chi connectivity index (χ4v) is 2.39. The topological polar surface area (TPSA) is 29.1 Å². The third kappa shape index (κ3) is 4.29. The maximum absolute atomic E-state index is 12.1. The lowest BCUT2D eigenvalue weighted by Gasteiger charge is -2.18. The highest BCUT2D eigenvalue weighted by atomic mass is 79.9. The molecule has 0 aliphatic carbocycles. The van der Waals surface area contributed by atoms with Crippen LogP contribution in [0, 0.1) is 5.92 Å². The molecule has 0 saturated heterocycles. The lowest BCUT2D eigenvalue weighted by atomic mass is 10.00. The Morgan fingerprint density at radius 1 is 1.44 bits per heavy atom. The lowest BCUT2D eigenvalue weighted by Crippen LogP contribution is -2.33. The van der Waals surface area contributed by atoms with Gasteiger partial charge in [0.2, 0.25) is 0 Å². The molecule has 2 unspecified atom stereocenters. The molecule has 1 aromatic rings. The predicted octanol–water partition coefficient (Wildman–Crippen LogP) is 4.66. The summed E-state index contributed by atoms with van der Waals surface area (Å²) in [6.07, 6.45) is 2.10. The highest BCUT2D eigenvalue weighted by molar-refractivity contribution is 9.10. The van der Waals surface area contributed by atoms with E-state index in [1.54, 1.807) is 6.07 Å². The van der Waals surface area contributed by atoms with E-state index in [2.05, 4.69) is 35.1 Å². The van der Waals surface area contributed by atoms with Crippen LogP contribution in [0.2, 0.25) is 5.02 Å². The first-order chi connectivity index (χ1) is 8.45. The summed E-state index contributed by atoms with van der Waals surface area (Å²) in [5.41, 5.74) is 0.516. The van der Waals surface area contributed by atoms with Gasteiger partial charge in [-0.15, -0.1) is 0 Å². The Hall–Kier alpha value is -0.540. The SMILES string of the molecule is CCC(C)CC(C)NC(=O)c1cccc(Br)c1Cl. The van der Waals surface area contributed by atoms with E-state index in [9.17, 15) is 4.79 Å². The monoisotopic (exact) mass is 331 g/mol. The van der Waals surface area contributed by atoms with Crippen molar-refractivity contribution in [3.05, 3.63) is 33.3 Å². The zero-order chi connectivity index (χ0) is 13.7. The summed E-state index contributed by atoms with van der Waals surface area (Å²) in [5.74, 6) is 0.496. The van der Waals surface area contributed by atoms with Gasteiger partial charge >= 0.3 is 0 Å². The first kappa shape index (κ1) is 15.5. The van der Waals surface area contributed by atoms with Crippen LogP contribution in [0.15, 0.2) is 22.7 Å². The van der Waals surface area contributed by atoms with Crippen molar-refractivity contribution in [3.8, 4) is 0 Å². The van der Waals surface area contributed by atoms with Gasteiger partial charge < -0.3 is 5.32 Å². The third-order valence-electron chi connectivity index (χ3n) is 3.03. The first-order valence-corrected chi connectivity index (χ1v) is 7.37. The number of hydrogen-bond donors (Lipinski definition) is 1. The number of carbonyl (C=O) groups excluding carboxylic acids is 1. The minimum absolute atomic E-state index is 0.114. The van der Waals surface area contributed by atoms with Crippen molar-refractivity contribution in [3.63, 3.8) is 0 Å². The Morgan fingerprint density at radius 3 is 2.72 bits per heavy atom. The van der Waals surface area contributed by atoms with Gasteiger partial charge in [-0.05, 0) is 47.3 Å². The molecule has 1 amide bonds. The van der Waals surface area contributed by atoms with Crippen LogP contribution >= 0.6 is 27.5 Å². The van der Waals surface area contributed by atoms with Crippen molar-refractivity contribution in [2.24, 2.45) is 5.92 Å². The molecular formula is C14H19BrClNO. The van der Waals surface area contributed by atoms with Gasteiger partial charge in [-0.1, -0.05) is 37.9 Å². The number of carbonyl (C=O) groups is 1. The van der Waals surface area contributed by atoms with Crippen molar-refractivity contribution in [2.45, 2.75) is 39.7 Å². The molecule has 18 heavy (non-hydrogen) atoms. The maximum atomic E-state index is 12.1. The third-order valence-corrected chi connectivity index (χ3v) is 4.32. The van der Waals surface area contributed by atoms with Crippen LogP contribution in [0.25, 0.3) is 0 Å². The van der Waals surface area contributed by atoms with E-state index in [1.165, 1.54) is 0 Å². The van der Waals surface area contributed by atoms with Gasteiger partial charge in [0.15, 0.2) is 0 Å². The molecular weight excluding hydrogens is 314 g/mol. The molecule has 0 heterocycles. The first-order valence-electron chi connectivity index (χ1n) is 6.20. The molecule has 0 bridgehead atoms. The Morgan fingerprint density at radius 2 is 2.11 bits per heavy atom. The van der Waals surface area contributed by atoms with Crippen molar-refractivity contribution in [1.82, 2.24) is 5.32 Å². The van der Waals surface area contributed by atoms with Crippen LogP contribution < -0.4 is 5.32 Å². The van der Waals surface area contributed by atoms with Gasteiger partial charge in [-0.2, -0.15) is 0 Å². The normalized spacial score (nSPS) is 14.1. The van der Waals surface area contributed by atoms with Crippen LogP contribution in [-0.2, 0) is 0 Å². The van der Waals surface area contributed by atoms with Crippen LogP contribution in [0.3, 0.4) is 0 Å². The van der Waals surface area contributed by atoms with E-state index < -0.39 is 0 Å². The largest absolute Gasteiger partial charge is 0.350 e. The van der Waals surface area contributed by atoms with Crippen LogP contribution in [0.4, 0.5) is 0 Å². The zero-order valence-corrected chi connectivity index (χ0v) is 13.3. The Bertz CT molecular complexity index is 422. The van der Waals surface area contributed by atoms with Gasteiger partial charge in [0.25, 0.3) is 5.91 Å². The smallest absolute Gasteiger partial charge is 0.253 e. The Labute approximate surface area is 122 Å². The molecule has 0 aliphatic heterocycles. The molecule has 1 N–H and O–H groups in total. The highest BCUT2D eigenvalue weighted by Crippen LogP contribution is 2.26. The van der Waals surface area contributed by atoms with Gasteiger partial charge in [-0.25, -0.2) is 0 Å². The van der Waals surface area contributed by atoms with E-state index >= 15 is 0 Å². The molecule has 4 heteroatoms.